The minimum atomic E-state index is -2.14. The molecule has 0 radical (unpaired) electrons. The van der Waals surface area contributed by atoms with E-state index in [1.165, 1.54) is 4.90 Å². The van der Waals surface area contributed by atoms with Gasteiger partial charge in [-0.05, 0) is 19.1 Å². The summed E-state index contributed by atoms with van der Waals surface area (Å²) in [6.07, 6.45) is 0. The van der Waals surface area contributed by atoms with Crippen molar-refractivity contribution in [3.05, 3.63) is 65.7 Å². The molecule has 0 heterocycles. The summed E-state index contributed by atoms with van der Waals surface area (Å²) >= 11 is 17.2. The van der Waals surface area contributed by atoms with Crippen molar-refractivity contribution in [2.75, 3.05) is 11.4 Å². The van der Waals surface area contributed by atoms with Crippen LogP contribution in [0.5, 0.6) is 0 Å². The molecule has 1 amide bonds. The Bertz CT molecular complexity index is 694. The number of rotatable bonds is 4. The van der Waals surface area contributed by atoms with Crippen LogP contribution in [0.25, 0.3) is 0 Å². The van der Waals surface area contributed by atoms with Crippen LogP contribution >= 0.6 is 34.8 Å². The lowest BCUT2D eigenvalue weighted by molar-refractivity contribution is -0.117. The Morgan fingerprint density at radius 1 is 0.957 bits per heavy atom. The van der Waals surface area contributed by atoms with Gasteiger partial charge in [0.2, 0.25) is 0 Å². The number of ketones is 1. The first kappa shape index (κ1) is 17.8. The van der Waals surface area contributed by atoms with Gasteiger partial charge >= 0.3 is 0 Å². The molecular weight excluding hydrogens is 357 g/mol. The van der Waals surface area contributed by atoms with Gasteiger partial charge in [0.05, 0.1) is 6.54 Å². The maximum absolute atomic E-state index is 12.4. The van der Waals surface area contributed by atoms with Gasteiger partial charge in [-0.2, -0.15) is 0 Å². The first-order valence-corrected chi connectivity index (χ1v) is 7.96. The maximum Gasteiger partial charge on any atom is 0.279 e. The van der Waals surface area contributed by atoms with Crippen LogP contribution in [0, 0.1) is 6.92 Å². The van der Waals surface area contributed by atoms with Crippen LogP contribution in [0.4, 0.5) is 5.69 Å². The Labute approximate surface area is 149 Å². The van der Waals surface area contributed by atoms with Crippen molar-refractivity contribution in [1.29, 1.82) is 0 Å². The molecule has 0 saturated carbocycles. The second-order valence-electron chi connectivity index (χ2n) is 5.01. The second-order valence-corrected chi connectivity index (χ2v) is 7.30. The minimum absolute atomic E-state index is 0.209. The fourth-order valence-corrected chi connectivity index (χ4v) is 2.32. The number of amides is 1. The summed E-state index contributed by atoms with van der Waals surface area (Å²) in [4.78, 5) is 26.0. The van der Waals surface area contributed by atoms with Crippen molar-refractivity contribution in [3.63, 3.8) is 0 Å². The van der Waals surface area contributed by atoms with E-state index < -0.39 is 9.70 Å². The molecule has 0 atom stereocenters. The number of benzene rings is 2. The zero-order valence-electron chi connectivity index (χ0n) is 12.3. The molecule has 23 heavy (non-hydrogen) atoms. The summed E-state index contributed by atoms with van der Waals surface area (Å²) < 4.78 is -2.14. The van der Waals surface area contributed by atoms with Crippen molar-refractivity contribution in [1.82, 2.24) is 0 Å². The zero-order valence-corrected chi connectivity index (χ0v) is 14.6. The highest BCUT2D eigenvalue weighted by Gasteiger charge is 2.36. The SMILES string of the molecule is Cc1ccc(N(CC(=O)c2ccccc2)C(=O)C(Cl)(Cl)Cl)cc1. The molecule has 0 saturated heterocycles. The number of halogens is 3. The monoisotopic (exact) mass is 369 g/mol. The lowest BCUT2D eigenvalue weighted by atomic mass is 10.1. The van der Waals surface area contributed by atoms with Gasteiger partial charge in [-0.15, -0.1) is 0 Å². The number of hydrogen-bond donors (Lipinski definition) is 0. The van der Waals surface area contributed by atoms with Crippen molar-refractivity contribution >= 4 is 52.2 Å². The molecule has 0 N–H and O–H groups in total. The molecule has 0 aliphatic carbocycles. The van der Waals surface area contributed by atoms with E-state index in [1.54, 1.807) is 42.5 Å². The highest BCUT2D eigenvalue weighted by atomic mass is 35.6. The first-order chi connectivity index (χ1) is 10.8. The molecule has 0 aliphatic rings. The van der Waals surface area contributed by atoms with Crippen LogP contribution in [0.15, 0.2) is 54.6 Å². The number of Topliss-reactive ketones (excluding diaryl/α,β-unsaturated/α-hetero) is 1. The molecule has 0 unspecified atom stereocenters. The third kappa shape index (κ3) is 4.71. The largest absolute Gasteiger partial charge is 0.301 e. The Hall–Kier alpha value is -1.55. The zero-order chi connectivity index (χ0) is 17.0. The molecule has 120 valence electrons. The van der Waals surface area contributed by atoms with Crippen LogP contribution in [-0.4, -0.2) is 22.0 Å². The Morgan fingerprint density at radius 3 is 2.04 bits per heavy atom. The summed E-state index contributed by atoms with van der Waals surface area (Å²) in [6, 6.07) is 15.7. The molecule has 0 aliphatic heterocycles. The lowest BCUT2D eigenvalue weighted by Gasteiger charge is -2.25. The van der Waals surface area contributed by atoms with E-state index >= 15 is 0 Å². The van der Waals surface area contributed by atoms with Gasteiger partial charge in [-0.25, -0.2) is 0 Å². The maximum atomic E-state index is 12.4. The van der Waals surface area contributed by atoms with Gasteiger partial charge in [0.25, 0.3) is 9.70 Å². The molecule has 0 bridgehead atoms. The number of aryl methyl sites for hydroxylation is 1. The summed E-state index contributed by atoms with van der Waals surface area (Å²) in [5.74, 6) is -1.01. The first-order valence-electron chi connectivity index (χ1n) is 6.82. The number of carbonyl (C=O) groups excluding carboxylic acids is 2. The van der Waals surface area contributed by atoms with Gasteiger partial charge in [0.1, 0.15) is 0 Å². The third-order valence-corrected chi connectivity index (χ3v) is 3.72. The number of anilines is 1. The quantitative estimate of drug-likeness (QED) is 0.583. The smallest absolute Gasteiger partial charge is 0.279 e. The average molecular weight is 371 g/mol. The van der Waals surface area contributed by atoms with Crippen molar-refractivity contribution in [3.8, 4) is 0 Å². The fourth-order valence-electron chi connectivity index (χ4n) is 2.02. The Balaban J connectivity index is 2.32. The number of alkyl halides is 3. The second kappa shape index (κ2) is 7.35. The minimum Gasteiger partial charge on any atom is -0.301 e. The molecular formula is C17H14Cl3NO2. The third-order valence-electron chi connectivity index (χ3n) is 3.23. The topological polar surface area (TPSA) is 37.4 Å². The Morgan fingerprint density at radius 2 is 1.52 bits per heavy atom. The van der Waals surface area contributed by atoms with Gasteiger partial charge in [-0.1, -0.05) is 82.8 Å². The van der Waals surface area contributed by atoms with E-state index in [4.69, 9.17) is 34.8 Å². The summed E-state index contributed by atoms with van der Waals surface area (Å²) in [5, 5.41) is 0. The number of carbonyl (C=O) groups is 2. The highest BCUT2D eigenvalue weighted by Crippen LogP contribution is 2.31. The van der Waals surface area contributed by atoms with Crippen LogP contribution in [0.1, 0.15) is 15.9 Å². The Kier molecular flexibility index (Phi) is 5.69. The van der Waals surface area contributed by atoms with Crippen LogP contribution in [-0.2, 0) is 4.79 Å². The van der Waals surface area contributed by atoms with Crippen molar-refractivity contribution < 1.29 is 9.59 Å². The predicted molar refractivity (Wildman–Crippen MR) is 94.6 cm³/mol. The molecule has 0 spiro atoms. The molecule has 2 aromatic rings. The predicted octanol–water partition coefficient (Wildman–Crippen LogP) is 4.58. The molecule has 3 nitrogen and oxygen atoms in total. The molecule has 2 aromatic carbocycles. The standard InChI is InChI=1S/C17H14Cl3NO2/c1-12-7-9-14(10-8-12)21(16(23)17(18,19)20)11-15(22)13-5-3-2-4-6-13/h2-10H,11H2,1H3. The normalized spacial score (nSPS) is 11.1. The van der Waals surface area contributed by atoms with Gasteiger partial charge in [-0.3, -0.25) is 9.59 Å². The molecule has 2 rings (SSSR count). The highest BCUT2D eigenvalue weighted by molar-refractivity contribution is 6.77. The van der Waals surface area contributed by atoms with Gasteiger partial charge in [0.15, 0.2) is 5.78 Å². The average Bonchev–Trinajstić information content (AvgIpc) is 2.52. The summed E-state index contributed by atoms with van der Waals surface area (Å²) in [7, 11) is 0. The molecule has 6 heteroatoms. The number of hydrogen-bond acceptors (Lipinski definition) is 2. The van der Waals surface area contributed by atoms with Gasteiger partial charge in [0, 0.05) is 11.3 Å². The van der Waals surface area contributed by atoms with E-state index in [-0.39, 0.29) is 12.3 Å². The molecule has 0 aromatic heterocycles. The molecule has 0 fully saturated rings. The van der Waals surface area contributed by atoms with Crippen molar-refractivity contribution in [2.24, 2.45) is 0 Å². The van der Waals surface area contributed by atoms with E-state index in [0.29, 0.717) is 11.3 Å². The van der Waals surface area contributed by atoms with E-state index in [9.17, 15) is 9.59 Å². The van der Waals surface area contributed by atoms with E-state index in [2.05, 4.69) is 0 Å². The van der Waals surface area contributed by atoms with Crippen molar-refractivity contribution in [2.45, 2.75) is 10.7 Å². The summed E-state index contributed by atoms with van der Waals surface area (Å²) in [5.41, 5.74) is 2.00. The van der Waals surface area contributed by atoms with Crippen LogP contribution < -0.4 is 4.90 Å². The van der Waals surface area contributed by atoms with E-state index in [1.807, 2.05) is 19.1 Å². The van der Waals surface area contributed by atoms with Gasteiger partial charge < -0.3 is 4.90 Å². The summed E-state index contributed by atoms with van der Waals surface area (Å²) in [6.45, 7) is 1.71. The fraction of sp³-hybridized carbons (Fsp3) is 0.176. The van der Waals surface area contributed by atoms with E-state index in [0.717, 1.165) is 5.56 Å². The van der Waals surface area contributed by atoms with Crippen LogP contribution in [0.2, 0.25) is 0 Å². The van der Waals surface area contributed by atoms with Crippen LogP contribution in [0.3, 0.4) is 0 Å². The lowest BCUT2D eigenvalue weighted by Crippen LogP contribution is -2.42. The number of nitrogens with zero attached hydrogens (tertiary/aromatic N) is 1.